The first kappa shape index (κ1) is 43.8. The van der Waals surface area contributed by atoms with Gasteiger partial charge in [-0.15, -0.1) is 0 Å². The number of hydrogen-bond acceptors (Lipinski definition) is 4. The number of unbranched alkanes of at least 4 members (excludes halogenated alkanes) is 14. The highest BCUT2D eigenvalue weighted by molar-refractivity contribution is 6.68. The number of benzene rings is 5. The predicted octanol–water partition coefficient (Wildman–Crippen LogP) is 14.3. The van der Waals surface area contributed by atoms with E-state index in [4.69, 9.17) is 18.6 Å². The lowest BCUT2D eigenvalue weighted by Crippen LogP contribution is -2.41. The fraction of sp³-hybridized carbons (Fsp3) is 0.623. The van der Waals surface area contributed by atoms with Gasteiger partial charge in [-0.1, -0.05) is 153 Å². The van der Waals surface area contributed by atoms with Gasteiger partial charge in [-0.2, -0.15) is 0 Å². The Balaban J connectivity index is 1.31. The largest absolute Gasteiger partial charge is 0.495 e. The van der Waals surface area contributed by atoms with Crippen molar-refractivity contribution in [2.45, 2.75) is 213 Å². The Labute approximate surface area is 362 Å². The van der Waals surface area contributed by atoms with E-state index >= 15 is 0 Å². The van der Waals surface area contributed by atoms with Gasteiger partial charge in [-0.25, -0.2) is 0 Å². The van der Waals surface area contributed by atoms with E-state index in [1.807, 2.05) is 0 Å². The summed E-state index contributed by atoms with van der Waals surface area (Å²) in [5.41, 5.74) is 3.17. The molecule has 6 aromatic rings. The second-order valence-electron chi connectivity index (χ2n) is 20.9. The summed E-state index contributed by atoms with van der Waals surface area (Å²) < 4.78 is 30.4. The SMILES string of the molecule is CCCCCCCCCCC(CCCCCCCCCC)n1c2cc(B3OC(C)(C)C(C)(C)O3)c3cccc4c5cccc6c(B7OC(C)(C)C(C)(C)O7)cc1c(c65)c2c34. The van der Waals surface area contributed by atoms with E-state index in [0.717, 1.165) is 10.9 Å². The predicted molar refractivity (Wildman–Crippen MR) is 259 cm³/mol. The number of aromatic nitrogens is 1. The maximum atomic E-state index is 6.91. The molecule has 5 aromatic carbocycles. The summed E-state index contributed by atoms with van der Waals surface area (Å²) in [6, 6.07) is 19.1. The first-order chi connectivity index (χ1) is 28.7. The third-order valence-electron chi connectivity index (χ3n) is 15.6. The standard InChI is InChI=1S/C53H75B2NO4/c1-11-13-15-17-19-21-23-25-29-37(30-26-24-22-20-18-16-14-12-2)56-44-35-42(54-57-50(3,4)51(5,6)58-54)40-33-27-31-38-39-32-28-34-41-43(55-59-52(7,8)53(9,10)60-55)36-45(56)49(47(39)41)48(44)46(38)40/h27-28,31-37H,11-26,29-30H2,1-10H3. The number of fused-ring (bicyclic) bond motifs is 1. The molecular formula is C53H75B2NO4. The van der Waals surface area contributed by atoms with Crippen molar-refractivity contribution >= 4 is 79.3 Å². The van der Waals surface area contributed by atoms with Crippen LogP contribution in [0.5, 0.6) is 0 Å². The van der Waals surface area contributed by atoms with Crippen molar-refractivity contribution in [1.82, 2.24) is 4.57 Å². The van der Waals surface area contributed by atoms with Gasteiger partial charge in [0.25, 0.3) is 0 Å². The summed E-state index contributed by atoms with van der Waals surface area (Å²) in [6.45, 7) is 22.0. The lowest BCUT2D eigenvalue weighted by Gasteiger charge is -2.32. The van der Waals surface area contributed by atoms with Gasteiger partial charge in [-0.3, -0.25) is 0 Å². The minimum Gasteiger partial charge on any atom is -0.399 e. The molecule has 2 aliphatic heterocycles. The van der Waals surface area contributed by atoms with Gasteiger partial charge >= 0.3 is 14.2 Å². The van der Waals surface area contributed by atoms with Crippen LogP contribution in [0.1, 0.15) is 191 Å². The molecule has 0 amide bonds. The zero-order chi connectivity index (χ0) is 42.5. The van der Waals surface area contributed by atoms with Crippen LogP contribution in [0.15, 0.2) is 48.5 Å². The van der Waals surface area contributed by atoms with Crippen LogP contribution in [0, 0.1) is 0 Å². The summed E-state index contributed by atoms with van der Waals surface area (Å²) >= 11 is 0. The molecule has 2 aliphatic rings. The van der Waals surface area contributed by atoms with Crippen LogP contribution in [0.25, 0.3) is 54.1 Å². The van der Waals surface area contributed by atoms with Crippen LogP contribution in [-0.2, 0) is 18.6 Å². The van der Waals surface area contributed by atoms with E-state index in [1.54, 1.807) is 0 Å². The van der Waals surface area contributed by atoms with Crippen LogP contribution in [0.4, 0.5) is 0 Å². The Morgan fingerprint density at radius 2 is 0.750 bits per heavy atom. The molecule has 7 heteroatoms. The fourth-order valence-electron chi connectivity index (χ4n) is 10.6. The van der Waals surface area contributed by atoms with Crippen LogP contribution in [0.3, 0.4) is 0 Å². The van der Waals surface area contributed by atoms with E-state index < -0.39 is 36.6 Å². The van der Waals surface area contributed by atoms with Crippen molar-refractivity contribution in [1.29, 1.82) is 0 Å². The smallest absolute Gasteiger partial charge is 0.399 e. The molecule has 0 spiro atoms. The van der Waals surface area contributed by atoms with Crippen molar-refractivity contribution in [3.8, 4) is 0 Å². The van der Waals surface area contributed by atoms with Crippen molar-refractivity contribution in [2.24, 2.45) is 0 Å². The third-order valence-corrected chi connectivity index (χ3v) is 15.6. The lowest BCUT2D eigenvalue weighted by molar-refractivity contribution is 0.00578. The lowest BCUT2D eigenvalue weighted by atomic mass is 9.72. The summed E-state index contributed by atoms with van der Waals surface area (Å²) in [4.78, 5) is 0. The zero-order valence-electron chi connectivity index (χ0n) is 39.2. The maximum absolute atomic E-state index is 6.91. The fourth-order valence-corrected chi connectivity index (χ4v) is 10.6. The molecule has 0 atom stereocenters. The van der Waals surface area contributed by atoms with E-state index in [9.17, 15) is 0 Å². The molecule has 5 nitrogen and oxygen atoms in total. The molecule has 8 rings (SSSR count). The summed E-state index contributed by atoms with van der Waals surface area (Å²) in [5.74, 6) is 0. The zero-order valence-corrected chi connectivity index (χ0v) is 39.2. The third kappa shape index (κ3) is 7.90. The quantitative estimate of drug-likeness (QED) is 0.0314. The highest BCUT2D eigenvalue weighted by Gasteiger charge is 2.54. The molecule has 0 aliphatic carbocycles. The van der Waals surface area contributed by atoms with E-state index in [-0.39, 0.29) is 0 Å². The Morgan fingerprint density at radius 1 is 0.433 bits per heavy atom. The molecule has 0 unspecified atom stereocenters. The van der Waals surface area contributed by atoms with Gasteiger partial charge < -0.3 is 23.2 Å². The molecule has 60 heavy (non-hydrogen) atoms. The van der Waals surface area contributed by atoms with Gasteiger partial charge in [-0.05, 0) is 124 Å². The van der Waals surface area contributed by atoms with Crippen LogP contribution in [-0.4, -0.2) is 41.2 Å². The molecule has 0 N–H and O–H groups in total. The average molecular weight is 812 g/mol. The molecule has 1 aromatic heterocycles. The molecule has 2 saturated heterocycles. The molecule has 2 fully saturated rings. The second-order valence-corrected chi connectivity index (χ2v) is 20.9. The van der Waals surface area contributed by atoms with E-state index in [1.165, 1.54) is 170 Å². The van der Waals surface area contributed by atoms with Gasteiger partial charge in [0.1, 0.15) is 0 Å². The first-order valence-electron chi connectivity index (χ1n) is 24.4. The molecule has 0 bridgehead atoms. The Bertz CT molecular complexity index is 2180. The molecular weight excluding hydrogens is 736 g/mol. The maximum Gasteiger partial charge on any atom is 0.495 e. The Hall–Kier alpha value is -2.83. The normalized spacial score (nSPS) is 18.7. The van der Waals surface area contributed by atoms with Crippen molar-refractivity contribution in [2.75, 3.05) is 0 Å². The van der Waals surface area contributed by atoms with Gasteiger partial charge in [0.2, 0.25) is 0 Å². The molecule has 322 valence electrons. The second kappa shape index (κ2) is 17.4. The van der Waals surface area contributed by atoms with Crippen LogP contribution < -0.4 is 10.9 Å². The Kier molecular flexibility index (Phi) is 12.7. The Morgan fingerprint density at radius 3 is 1.10 bits per heavy atom. The molecule has 0 radical (unpaired) electrons. The van der Waals surface area contributed by atoms with E-state index in [2.05, 4.69) is 122 Å². The molecule has 0 saturated carbocycles. The van der Waals surface area contributed by atoms with Crippen molar-refractivity contribution in [3.63, 3.8) is 0 Å². The van der Waals surface area contributed by atoms with Crippen LogP contribution in [0.2, 0.25) is 0 Å². The van der Waals surface area contributed by atoms with Gasteiger partial charge in [0.05, 0.1) is 22.4 Å². The number of rotatable bonds is 21. The monoisotopic (exact) mass is 812 g/mol. The number of hydrogen-bond donors (Lipinski definition) is 0. The first-order valence-corrected chi connectivity index (χ1v) is 24.4. The minimum atomic E-state index is -0.461. The number of nitrogens with zero attached hydrogens (tertiary/aromatic N) is 1. The topological polar surface area (TPSA) is 41.9 Å². The average Bonchev–Trinajstić information content (AvgIpc) is 3.74. The minimum absolute atomic E-state index is 0.370. The summed E-state index contributed by atoms with van der Waals surface area (Å²) in [7, 11) is -0.921. The summed E-state index contributed by atoms with van der Waals surface area (Å²) in [5, 5.41) is 10.5. The highest BCUT2D eigenvalue weighted by Crippen LogP contribution is 2.49. The van der Waals surface area contributed by atoms with Gasteiger partial charge in [0.15, 0.2) is 0 Å². The van der Waals surface area contributed by atoms with E-state index in [0.29, 0.717) is 6.04 Å². The van der Waals surface area contributed by atoms with Gasteiger partial charge in [0, 0.05) is 27.8 Å². The van der Waals surface area contributed by atoms with Crippen molar-refractivity contribution in [3.05, 3.63) is 48.5 Å². The molecule has 3 heterocycles. The van der Waals surface area contributed by atoms with Crippen molar-refractivity contribution < 1.29 is 18.6 Å². The highest BCUT2D eigenvalue weighted by atomic mass is 16.7. The van der Waals surface area contributed by atoms with Crippen LogP contribution >= 0.6 is 0 Å². The summed E-state index contributed by atoms with van der Waals surface area (Å²) in [6.07, 6.45) is 23.7.